The van der Waals surface area contributed by atoms with Gasteiger partial charge < -0.3 is 14.9 Å². The Kier molecular flexibility index (Phi) is 3.22. The van der Waals surface area contributed by atoms with Crippen molar-refractivity contribution >= 4 is 5.97 Å². The van der Waals surface area contributed by atoms with Crippen molar-refractivity contribution in [1.82, 2.24) is 0 Å². The van der Waals surface area contributed by atoms with Gasteiger partial charge in [0.05, 0.1) is 6.10 Å². The fourth-order valence-corrected chi connectivity index (χ4v) is 6.62. The second-order valence-corrected chi connectivity index (χ2v) is 8.77. The van der Waals surface area contributed by atoms with Gasteiger partial charge in [0.15, 0.2) is 0 Å². The Hall–Kier alpha value is -1.13. The number of allylic oxidation sites excluding steroid dienone is 3. The number of aliphatic hydroxyl groups is 2. The lowest BCUT2D eigenvalue weighted by atomic mass is 9.41. The molecular weight excluding hydrogens is 304 g/mol. The van der Waals surface area contributed by atoms with E-state index in [4.69, 9.17) is 4.74 Å². The molecule has 4 rings (SSSR count). The number of ether oxygens (including phenoxy) is 1. The summed E-state index contributed by atoms with van der Waals surface area (Å²) in [6.45, 7) is 9.96. The minimum absolute atomic E-state index is 0.291. The third-order valence-corrected chi connectivity index (χ3v) is 8.24. The van der Waals surface area contributed by atoms with Crippen LogP contribution in [0.5, 0.6) is 0 Å². The molecule has 1 heterocycles. The monoisotopic (exact) mass is 332 g/mol. The average molecular weight is 332 g/mol. The second kappa shape index (κ2) is 4.73. The van der Waals surface area contributed by atoms with Crippen LogP contribution in [0.2, 0.25) is 0 Å². The number of carbonyl (C=O) groups excluding carboxylic acids is 1. The van der Waals surface area contributed by atoms with Crippen LogP contribution in [-0.2, 0) is 9.53 Å². The summed E-state index contributed by atoms with van der Waals surface area (Å²) in [7, 11) is 0. The van der Waals surface area contributed by atoms with Crippen LogP contribution >= 0.6 is 0 Å². The highest BCUT2D eigenvalue weighted by molar-refractivity contribution is 5.82. The topological polar surface area (TPSA) is 66.8 Å². The average Bonchev–Trinajstić information content (AvgIpc) is 2.76. The van der Waals surface area contributed by atoms with E-state index in [9.17, 15) is 15.0 Å². The summed E-state index contributed by atoms with van der Waals surface area (Å²) in [5, 5.41) is 22.4. The molecule has 0 aromatic carbocycles. The van der Waals surface area contributed by atoms with E-state index in [1.807, 2.05) is 6.08 Å². The van der Waals surface area contributed by atoms with Crippen LogP contribution in [0, 0.1) is 28.6 Å². The maximum atomic E-state index is 12.7. The number of rotatable bonds is 1. The number of fused-ring (bicyclic) bond motifs is 2. The van der Waals surface area contributed by atoms with Crippen molar-refractivity contribution in [3.8, 4) is 0 Å². The van der Waals surface area contributed by atoms with Gasteiger partial charge in [-0.25, -0.2) is 0 Å². The molecule has 24 heavy (non-hydrogen) atoms. The van der Waals surface area contributed by atoms with E-state index < -0.39 is 34.6 Å². The van der Waals surface area contributed by atoms with Crippen LogP contribution in [0.25, 0.3) is 0 Å². The molecule has 4 aliphatic rings. The largest absolute Gasteiger partial charge is 0.459 e. The maximum absolute atomic E-state index is 12.7. The zero-order chi connectivity index (χ0) is 17.5. The third-order valence-electron chi connectivity index (χ3n) is 8.24. The molecule has 1 aliphatic heterocycles. The quantitative estimate of drug-likeness (QED) is 0.724. The van der Waals surface area contributed by atoms with Gasteiger partial charge in [-0.15, -0.1) is 0 Å². The van der Waals surface area contributed by atoms with Gasteiger partial charge in [-0.05, 0) is 55.9 Å². The Morgan fingerprint density at radius 3 is 2.79 bits per heavy atom. The highest BCUT2D eigenvalue weighted by Gasteiger charge is 2.79. The smallest absolute Gasteiger partial charge is 0.317 e. The van der Waals surface area contributed by atoms with E-state index in [1.165, 1.54) is 5.57 Å². The molecule has 132 valence electrons. The van der Waals surface area contributed by atoms with Crippen molar-refractivity contribution < 1.29 is 19.7 Å². The summed E-state index contributed by atoms with van der Waals surface area (Å²) in [5.41, 5.74) is -1.69. The predicted octanol–water partition coefficient (Wildman–Crippen LogP) is 2.60. The Labute approximate surface area is 143 Å². The zero-order valence-corrected chi connectivity index (χ0v) is 14.8. The molecule has 0 radical (unpaired) electrons. The van der Waals surface area contributed by atoms with Gasteiger partial charge in [-0.2, -0.15) is 0 Å². The Balaban J connectivity index is 1.87. The van der Waals surface area contributed by atoms with Crippen molar-refractivity contribution in [2.24, 2.45) is 28.6 Å². The molecule has 3 fully saturated rings. The van der Waals surface area contributed by atoms with E-state index in [-0.39, 0.29) is 0 Å². The molecule has 0 aromatic heterocycles. The molecule has 0 aromatic rings. The molecule has 0 amide bonds. The SMILES string of the molecule is C=CC1=CCC2C(CC3OC(=O)C4(C)C(O)CCC2(C)C34O)C1C. The predicted molar refractivity (Wildman–Crippen MR) is 89.9 cm³/mol. The van der Waals surface area contributed by atoms with Crippen molar-refractivity contribution in [2.45, 2.75) is 64.3 Å². The molecule has 4 nitrogen and oxygen atoms in total. The van der Waals surface area contributed by atoms with Gasteiger partial charge in [0.1, 0.15) is 17.1 Å². The fraction of sp³-hybridized carbons (Fsp3) is 0.750. The van der Waals surface area contributed by atoms with E-state index in [1.54, 1.807) is 6.92 Å². The van der Waals surface area contributed by atoms with Crippen molar-refractivity contribution in [2.75, 3.05) is 0 Å². The molecular formula is C20H28O4. The Morgan fingerprint density at radius 1 is 1.42 bits per heavy atom. The first-order chi connectivity index (χ1) is 11.2. The van der Waals surface area contributed by atoms with Crippen LogP contribution < -0.4 is 0 Å². The third kappa shape index (κ3) is 1.51. The summed E-state index contributed by atoms with van der Waals surface area (Å²) >= 11 is 0. The number of carbonyl (C=O) groups is 1. The Bertz CT molecular complexity index is 640. The first-order valence-corrected chi connectivity index (χ1v) is 9.15. The molecule has 3 aliphatic carbocycles. The molecule has 8 atom stereocenters. The fourth-order valence-electron chi connectivity index (χ4n) is 6.62. The van der Waals surface area contributed by atoms with Crippen LogP contribution in [0.4, 0.5) is 0 Å². The van der Waals surface area contributed by atoms with Gasteiger partial charge in [0.25, 0.3) is 0 Å². The van der Waals surface area contributed by atoms with Gasteiger partial charge in [0, 0.05) is 5.41 Å². The summed E-state index contributed by atoms with van der Waals surface area (Å²) in [5.74, 6) is 0.569. The number of aliphatic hydroxyl groups excluding tert-OH is 1. The highest BCUT2D eigenvalue weighted by Crippen LogP contribution is 2.69. The summed E-state index contributed by atoms with van der Waals surface area (Å²) in [6, 6.07) is 0. The van der Waals surface area contributed by atoms with Crippen molar-refractivity contribution in [3.63, 3.8) is 0 Å². The van der Waals surface area contributed by atoms with Crippen LogP contribution in [0.15, 0.2) is 24.3 Å². The van der Waals surface area contributed by atoms with Crippen molar-refractivity contribution in [1.29, 1.82) is 0 Å². The molecule has 2 saturated carbocycles. The summed E-state index contributed by atoms with van der Waals surface area (Å²) in [6.07, 6.45) is 5.62. The minimum atomic E-state index is -1.30. The number of hydrogen-bond acceptors (Lipinski definition) is 4. The lowest BCUT2D eigenvalue weighted by molar-refractivity contribution is -0.266. The number of esters is 1. The van der Waals surface area contributed by atoms with Crippen LogP contribution in [-0.4, -0.2) is 34.0 Å². The summed E-state index contributed by atoms with van der Waals surface area (Å²) in [4.78, 5) is 12.7. The van der Waals surface area contributed by atoms with Crippen LogP contribution in [0.3, 0.4) is 0 Å². The first kappa shape index (κ1) is 16.3. The number of hydrogen-bond donors (Lipinski definition) is 2. The normalized spacial score (nSPS) is 56.0. The minimum Gasteiger partial charge on any atom is -0.459 e. The molecule has 1 saturated heterocycles. The van der Waals surface area contributed by atoms with E-state index in [2.05, 4.69) is 26.5 Å². The van der Waals surface area contributed by atoms with Crippen LogP contribution in [0.1, 0.15) is 46.5 Å². The lowest BCUT2D eigenvalue weighted by Gasteiger charge is -2.64. The maximum Gasteiger partial charge on any atom is 0.317 e. The molecule has 8 unspecified atom stereocenters. The highest BCUT2D eigenvalue weighted by atomic mass is 16.6. The molecule has 2 N–H and O–H groups in total. The lowest BCUT2D eigenvalue weighted by Crippen LogP contribution is -2.73. The van der Waals surface area contributed by atoms with Gasteiger partial charge in [0.2, 0.25) is 0 Å². The van der Waals surface area contributed by atoms with Gasteiger partial charge >= 0.3 is 5.97 Å². The molecule has 0 bridgehead atoms. The van der Waals surface area contributed by atoms with Gasteiger partial charge in [-0.1, -0.05) is 32.6 Å². The first-order valence-electron chi connectivity index (χ1n) is 9.15. The molecule has 0 spiro atoms. The van der Waals surface area contributed by atoms with E-state index in [0.717, 1.165) is 12.8 Å². The Morgan fingerprint density at radius 2 is 2.12 bits per heavy atom. The molecule has 4 heteroatoms. The summed E-state index contributed by atoms with van der Waals surface area (Å²) < 4.78 is 5.69. The van der Waals surface area contributed by atoms with E-state index in [0.29, 0.717) is 30.6 Å². The van der Waals surface area contributed by atoms with Crippen molar-refractivity contribution in [3.05, 3.63) is 24.3 Å². The second-order valence-electron chi connectivity index (χ2n) is 8.77. The zero-order valence-electron chi connectivity index (χ0n) is 14.8. The van der Waals surface area contributed by atoms with Gasteiger partial charge in [-0.3, -0.25) is 4.79 Å². The van der Waals surface area contributed by atoms with E-state index >= 15 is 0 Å². The standard InChI is InChI=1S/C20H28O4/c1-5-12-6-7-14-13(11(12)2)10-16-20(23)18(14,3)9-8-15(21)19(20,4)17(22)24-16/h5-6,11,13-16,21,23H,1,7-10H2,2-4H3.